The molecule has 0 spiro atoms. The van der Waals surface area contributed by atoms with Gasteiger partial charge in [-0.3, -0.25) is 9.59 Å². The number of carbonyl (C=O) groups is 2. The average Bonchev–Trinajstić information content (AvgIpc) is 3.34. The van der Waals surface area contributed by atoms with E-state index >= 15 is 0 Å². The van der Waals surface area contributed by atoms with Gasteiger partial charge in [0.2, 0.25) is 11.8 Å². The predicted octanol–water partition coefficient (Wildman–Crippen LogP) is 1.19. The van der Waals surface area contributed by atoms with E-state index in [0.717, 1.165) is 19.4 Å². The van der Waals surface area contributed by atoms with Gasteiger partial charge < -0.3 is 15.5 Å². The standard InChI is InChI=1S/C18H27N3O2/c1-21(2)14-6-12-19-16(22)18(10-11-18)17(23)20-13-9-15-7-4-3-5-8-15/h3-5,7-8H,6,9-14H2,1-2H3,(H,19,22)(H,20,23). The molecule has 1 fully saturated rings. The van der Waals surface area contributed by atoms with Crippen LogP contribution in [0.5, 0.6) is 0 Å². The SMILES string of the molecule is CN(C)CCCNC(=O)C1(C(=O)NCCc2ccccc2)CC1. The molecule has 1 aliphatic rings. The Bertz CT molecular complexity index is 524. The van der Waals surface area contributed by atoms with Crippen LogP contribution in [-0.4, -0.2) is 50.4 Å². The van der Waals surface area contributed by atoms with Gasteiger partial charge >= 0.3 is 0 Å². The molecule has 1 saturated carbocycles. The molecule has 2 N–H and O–H groups in total. The van der Waals surface area contributed by atoms with Crippen LogP contribution in [0.3, 0.4) is 0 Å². The molecule has 23 heavy (non-hydrogen) atoms. The lowest BCUT2D eigenvalue weighted by Gasteiger charge is -2.16. The van der Waals surface area contributed by atoms with E-state index in [2.05, 4.69) is 15.5 Å². The van der Waals surface area contributed by atoms with E-state index in [1.807, 2.05) is 44.4 Å². The number of benzene rings is 1. The van der Waals surface area contributed by atoms with Gasteiger partial charge in [0.15, 0.2) is 0 Å². The largest absolute Gasteiger partial charge is 0.355 e. The lowest BCUT2D eigenvalue weighted by molar-refractivity contribution is -0.137. The number of nitrogens with zero attached hydrogens (tertiary/aromatic N) is 1. The molecule has 0 saturated heterocycles. The van der Waals surface area contributed by atoms with Crippen molar-refractivity contribution in [3.63, 3.8) is 0 Å². The van der Waals surface area contributed by atoms with Crippen molar-refractivity contribution < 1.29 is 9.59 Å². The second-order valence-corrected chi connectivity index (χ2v) is 6.49. The average molecular weight is 317 g/mol. The smallest absolute Gasteiger partial charge is 0.235 e. The highest BCUT2D eigenvalue weighted by molar-refractivity contribution is 6.07. The summed E-state index contributed by atoms with van der Waals surface area (Å²) in [5.74, 6) is -0.244. The Morgan fingerprint density at radius 1 is 1.04 bits per heavy atom. The zero-order valence-electron chi connectivity index (χ0n) is 14.1. The van der Waals surface area contributed by atoms with Crippen molar-refractivity contribution in [3.8, 4) is 0 Å². The molecule has 0 bridgehead atoms. The molecule has 1 aromatic rings. The summed E-state index contributed by atoms with van der Waals surface area (Å²) >= 11 is 0. The number of nitrogens with one attached hydrogen (secondary N) is 2. The van der Waals surface area contributed by atoms with Crippen LogP contribution in [0.4, 0.5) is 0 Å². The van der Waals surface area contributed by atoms with E-state index in [1.54, 1.807) is 0 Å². The van der Waals surface area contributed by atoms with E-state index in [0.29, 0.717) is 25.9 Å². The Labute approximate surface area is 138 Å². The van der Waals surface area contributed by atoms with Gasteiger partial charge in [-0.25, -0.2) is 0 Å². The molecule has 0 atom stereocenters. The van der Waals surface area contributed by atoms with Crippen molar-refractivity contribution in [2.45, 2.75) is 25.7 Å². The van der Waals surface area contributed by atoms with Gasteiger partial charge in [0.1, 0.15) is 5.41 Å². The van der Waals surface area contributed by atoms with Crippen molar-refractivity contribution in [1.29, 1.82) is 0 Å². The highest BCUT2D eigenvalue weighted by Gasteiger charge is 2.56. The van der Waals surface area contributed by atoms with Crippen LogP contribution in [0.2, 0.25) is 0 Å². The summed E-state index contributed by atoms with van der Waals surface area (Å²) in [6, 6.07) is 10.0. The summed E-state index contributed by atoms with van der Waals surface area (Å²) in [5.41, 5.74) is 0.375. The first-order valence-corrected chi connectivity index (χ1v) is 8.30. The quantitative estimate of drug-likeness (QED) is 0.531. The number of amides is 2. The van der Waals surface area contributed by atoms with E-state index in [4.69, 9.17) is 0 Å². The van der Waals surface area contributed by atoms with Crippen molar-refractivity contribution in [2.24, 2.45) is 5.41 Å². The molecule has 0 unspecified atom stereocenters. The Morgan fingerprint density at radius 2 is 1.65 bits per heavy atom. The summed E-state index contributed by atoms with van der Waals surface area (Å²) in [6.07, 6.45) is 2.99. The third-order valence-electron chi connectivity index (χ3n) is 4.23. The van der Waals surface area contributed by atoms with Crippen molar-refractivity contribution in [3.05, 3.63) is 35.9 Å². The number of carbonyl (C=O) groups excluding carboxylic acids is 2. The van der Waals surface area contributed by atoms with E-state index in [1.165, 1.54) is 5.56 Å². The molecule has 1 aliphatic carbocycles. The molecule has 2 amide bonds. The van der Waals surface area contributed by atoms with Crippen LogP contribution in [0.1, 0.15) is 24.8 Å². The Morgan fingerprint density at radius 3 is 2.22 bits per heavy atom. The maximum atomic E-state index is 12.3. The van der Waals surface area contributed by atoms with Crippen molar-refractivity contribution >= 4 is 11.8 Å². The van der Waals surface area contributed by atoms with Gasteiger partial charge in [0.05, 0.1) is 0 Å². The molecule has 2 rings (SSSR count). The molecule has 0 heterocycles. The molecule has 0 radical (unpaired) electrons. The molecule has 5 nitrogen and oxygen atoms in total. The Kier molecular flexibility index (Phi) is 6.16. The fourth-order valence-corrected chi connectivity index (χ4v) is 2.58. The highest BCUT2D eigenvalue weighted by Crippen LogP contribution is 2.46. The second-order valence-electron chi connectivity index (χ2n) is 6.49. The lowest BCUT2D eigenvalue weighted by Crippen LogP contribution is -2.44. The molecule has 5 heteroatoms. The summed E-state index contributed by atoms with van der Waals surface area (Å²) in [6.45, 7) is 2.12. The first kappa shape index (κ1) is 17.5. The van der Waals surface area contributed by atoms with E-state index in [-0.39, 0.29) is 11.8 Å². The summed E-state index contributed by atoms with van der Waals surface area (Å²) < 4.78 is 0. The highest BCUT2D eigenvalue weighted by atomic mass is 16.2. The third kappa shape index (κ3) is 5.06. The van der Waals surface area contributed by atoms with Gasteiger partial charge in [0, 0.05) is 13.1 Å². The van der Waals surface area contributed by atoms with Crippen LogP contribution >= 0.6 is 0 Å². The minimum Gasteiger partial charge on any atom is -0.355 e. The number of hydrogen-bond donors (Lipinski definition) is 2. The van der Waals surface area contributed by atoms with Crippen LogP contribution < -0.4 is 10.6 Å². The lowest BCUT2D eigenvalue weighted by atomic mass is 10.0. The van der Waals surface area contributed by atoms with Gasteiger partial charge in [-0.05, 0) is 51.9 Å². The summed E-state index contributed by atoms with van der Waals surface area (Å²) in [5, 5.41) is 5.82. The Hall–Kier alpha value is -1.88. The van der Waals surface area contributed by atoms with Gasteiger partial charge in [0.25, 0.3) is 0 Å². The topological polar surface area (TPSA) is 61.4 Å². The van der Waals surface area contributed by atoms with Crippen molar-refractivity contribution in [1.82, 2.24) is 15.5 Å². The normalized spacial score (nSPS) is 15.3. The fourth-order valence-electron chi connectivity index (χ4n) is 2.58. The van der Waals surface area contributed by atoms with Crippen LogP contribution in [0, 0.1) is 5.41 Å². The van der Waals surface area contributed by atoms with Gasteiger partial charge in [-0.2, -0.15) is 0 Å². The van der Waals surface area contributed by atoms with E-state index in [9.17, 15) is 9.59 Å². The molecule has 0 aliphatic heterocycles. The first-order chi connectivity index (χ1) is 11.0. The monoisotopic (exact) mass is 317 g/mol. The van der Waals surface area contributed by atoms with Gasteiger partial charge in [-0.1, -0.05) is 30.3 Å². The molecular weight excluding hydrogens is 290 g/mol. The molecule has 1 aromatic carbocycles. The fraction of sp³-hybridized carbons (Fsp3) is 0.556. The molecule has 0 aromatic heterocycles. The minimum atomic E-state index is -0.811. The molecular formula is C18H27N3O2. The zero-order valence-corrected chi connectivity index (χ0v) is 14.1. The number of hydrogen-bond acceptors (Lipinski definition) is 3. The van der Waals surface area contributed by atoms with Gasteiger partial charge in [-0.15, -0.1) is 0 Å². The van der Waals surface area contributed by atoms with Crippen molar-refractivity contribution in [2.75, 3.05) is 33.7 Å². The van der Waals surface area contributed by atoms with Crippen LogP contribution in [-0.2, 0) is 16.0 Å². The van der Waals surface area contributed by atoms with Crippen LogP contribution in [0.25, 0.3) is 0 Å². The summed E-state index contributed by atoms with van der Waals surface area (Å²) in [4.78, 5) is 26.7. The third-order valence-corrected chi connectivity index (χ3v) is 4.23. The summed E-state index contributed by atoms with van der Waals surface area (Å²) in [7, 11) is 4.01. The number of rotatable bonds is 9. The zero-order chi connectivity index (χ0) is 16.7. The molecule has 126 valence electrons. The maximum Gasteiger partial charge on any atom is 0.235 e. The Balaban J connectivity index is 1.71. The van der Waals surface area contributed by atoms with E-state index < -0.39 is 5.41 Å². The first-order valence-electron chi connectivity index (χ1n) is 8.30. The second kappa shape index (κ2) is 8.11. The predicted molar refractivity (Wildman–Crippen MR) is 91.0 cm³/mol. The minimum absolute atomic E-state index is 0.117. The van der Waals surface area contributed by atoms with Crippen LogP contribution in [0.15, 0.2) is 30.3 Å². The maximum absolute atomic E-state index is 12.3.